The van der Waals surface area contributed by atoms with Crippen molar-refractivity contribution in [2.45, 2.75) is 26.8 Å². The molecule has 3 heteroatoms. The lowest BCUT2D eigenvalue weighted by molar-refractivity contribution is 0.449. The molecule has 0 fully saturated rings. The van der Waals surface area contributed by atoms with Crippen molar-refractivity contribution in [3.05, 3.63) is 0 Å². The number of aliphatic imine (C=N–C) groups is 1. The Bertz CT molecular complexity index is 149. The zero-order valence-corrected chi connectivity index (χ0v) is 7.59. The monoisotopic (exact) mass is 155 g/mol. The van der Waals surface area contributed by atoms with Gasteiger partial charge in [0.25, 0.3) is 0 Å². The summed E-state index contributed by atoms with van der Waals surface area (Å²) in [5, 5.41) is 3.33. The van der Waals surface area contributed by atoms with Crippen molar-refractivity contribution in [3.63, 3.8) is 0 Å². The second-order valence-electron chi connectivity index (χ2n) is 2.88. The van der Waals surface area contributed by atoms with E-state index < -0.39 is 0 Å². The van der Waals surface area contributed by atoms with E-state index in [0.717, 1.165) is 25.6 Å². The highest BCUT2D eigenvalue weighted by Crippen LogP contribution is 1.98. The van der Waals surface area contributed by atoms with E-state index in [1.54, 1.807) is 0 Å². The van der Waals surface area contributed by atoms with Crippen LogP contribution < -0.4 is 5.32 Å². The molecule has 0 aromatic rings. The lowest BCUT2D eigenvalue weighted by Crippen LogP contribution is -2.41. The highest BCUT2D eigenvalue weighted by atomic mass is 15.3. The molecule has 0 aliphatic carbocycles. The summed E-state index contributed by atoms with van der Waals surface area (Å²) in [5.41, 5.74) is 0. The van der Waals surface area contributed by atoms with Crippen LogP contribution in [0.15, 0.2) is 4.99 Å². The number of guanidine groups is 1. The maximum absolute atomic E-state index is 4.39. The van der Waals surface area contributed by atoms with Gasteiger partial charge >= 0.3 is 0 Å². The zero-order chi connectivity index (χ0) is 8.27. The SMILES string of the molecule is CCN(CC)C1=NCC(C)N1. The van der Waals surface area contributed by atoms with Crippen LogP contribution in [-0.2, 0) is 0 Å². The summed E-state index contributed by atoms with van der Waals surface area (Å²) in [6.45, 7) is 9.45. The molecule has 11 heavy (non-hydrogen) atoms. The fourth-order valence-electron chi connectivity index (χ4n) is 1.25. The molecule has 0 amide bonds. The van der Waals surface area contributed by atoms with E-state index in [1.807, 2.05) is 0 Å². The van der Waals surface area contributed by atoms with Gasteiger partial charge in [0.15, 0.2) is 5.96 Å². The molecule has 0 saturated carbocycles. The van der Waals surface area contributed by atoms with E-state index in [-0.39, 0.29) is 0 Å². The van der Waals surface area contributed by atoms with Gasteiger partial charge in [0.2, 0.25) is 0 Å². The van der Waals surface area contributed by atoms with Crippen molar-refractivity contribution in [2.75, 3.05) is 19.6 Å². The minimum absolute atomic E-state index is 0.519. The fraction of sp³-hybridized carbons (Fsp3) is 0.875. The smallest absolute Gasteiger partial charge is 0.194 e. The van der Waals surface area contributed by atoms with Crippen molar-refractivity contribution in [1.29, 1.82) is 0 Å². The first-order chi connectivity index (χ1) is 5.27. The number of nitrogens with zero attached hydrogens (tertiary/aromatic N) is 2. The van der Waals surface area contributed by atoms with Gasteiger partial charge in [0.05, 0.1) is 6.54 Å². The molecule has 3 nitrogen and oxygen atoms in total. The standard InChI is InChI=1S/C8H17N3/c1-4-11(5-2)8-9-6-7(3)10-8/h7H,4-6H2,1-3H3,(H,9,10). The third-order valence-electron chi connectivity index (χ3n) is 1.95. The second-order valence-corrected chi connectivity index (χ2v) is 2.88. The van der Waals surface area contributed by atoms with Gasteiger partial charge in [-0.2, -0.15) is 0 Å². The third kappa shape index (κ3) is 1.85. The number of rotatable bonds is 2. The summed E-state index contributed by atoms with van der Waals surface area (Å²) in [7, 11) is 0. The molecule has 0 aromatic heterocycles. The Morgan fingerprint density at radius 3 is 2.55 bits per heavy atom. The van der Waals surface area contributed by atoms with E-state index in [0.29, 0.717) is 6.04 Å². The summed E-state index contributed by atoms with van der Waals surface area (Å²) >= 11 is 0. The molecule has 1 aliphatic rings. The molecular weight excluding hydrogens is 138 g/mol. The van der Waals surface area contributed by atoms with Gasteiger partial charge < -0.3 is 10.2 Å². The minimum Gasteiger partial charge on any atom is -0.352 e. The Labute approximate surface area is 68.5 Å². The molecule has 0 spiro atoms. The topological polar surface area (TPSA) is 27.6 Å². The van der Waals surface area contributed by atoms with Crippen LogP contribution in [-0.4, -0.2) is 36.5 Å². The van der Waals surface area contributed by atoms with Gasteiger partial charge in [-0.3, -0.25) is 4.99 Å². The summed E-state index contributed by atoms with van der Waals surface area (Å²) < 4.78 is 0. The van der Waals surface area contributed by atoms with E-state index in [2.05, 4.69) is 36.0 Å². The quantitative estimate of drug-likeness (QED) is 0.635. The summed E-state index contributed by atoms with van der Waals surface area (Å²) in [4.78, 5) is 6.63. The number of hydrogen-bond acceptors (Lipinski definition) is 3. The largest absolute Gasteiger partial charge is 0.352 e. The zero-order valence-electron chi connectivity index (χ0n) is 7.59. The number of hydrogen-bond donors (Lipinski definition) is 1. The first-order valence-corrected chi connectivity index (χ1v) is 4.33. The highest BCUT2D eigenvalue weighted by molar-refractivity contribution is 5.81. The Hall–Kier alpha value is -0.730. The predicted octanol–water partition coefficient (Wildman–Crippen LogP) is 0.676. The molecular formula is C8H17N3. The van der Waals surface area contributed by atoms with E-state index >= 15 is 0 Å². The Kier molecular flexibility index (Phi) is 2.74. The molecule has 64 valence electrons. The van der Waals surface area contributed by atoms with Gasteiger partial charge in [-0.05, 0) is 20.8 Å². The van der Waals surface area contributed by atoms with Crippen LogP contribution in [0.5, 0.6) is 0 Å². The van der Waals surface area contributed by atoms with Crippen LogP contribution in [0.4, 0.5) is 0 Å². The summed E-state index contributed by atoms with van der Waals surface area (Å²) in [6.07, 6.45) is 0. The Morgan fingerprint density at radius 2 is 2.18 bits per heavy atom. The Morgan fingerprint density at radius 1 is 1.55 bits per heavy atom. The van der Waals surface area contributed by atoms with Crippen LogP contribution in [0, 0.1) is 0 Å². The molecule has 1 unspecified atom stereocenters. The third-order valence-corrected chi connectivity index (χ3v) is 1.95. The molecule has 0 saturated heterocycles. The van der Waals surface area contributed by atoms with E-state index in [1.165, 1.54) is 0 Å². The van der Waals surface area contributed by atoms with Crippen LogP contribution in [0.1, 0.15) is 20.8 Å². The van der Waals surface area contributed by atoms with Crippen molar-refractivity contribution < 1.29 is 0 Å². The second kappa shape index (κ2) is 3.60. The minimum atomic E-state index is 0.519. The summed E-state index contributed by atoms with van der Waals surface area (Å²) in [5.74, 6) is 1.07. The van der Waals surface area contributed by atoms with Crippen molar-refractivity contribution in [2.24, 2.45) is 4.99 Å². The first-order valence-electron chi connectivity index (χ1n) is 4.33. The van der Waals surface area contributed by atoms with Gasteiger partial charge in [0, 0.05) is 19.1 Å². The predicted molar refractivity (Wildman–Crippen MR) is 47.8 cm³/mol. The van der Waals surface area contributed by atoms with Crippen LogP contribution in [0.3, 0.4) is 0 Å². The first kappa shape index (κ1) is 8.37. The molecule has 1 N–H and O–H groups in total. The molecule has 0 aromatic carbocycles. The maximum Gasteiger partial charge on any atom is 0.194 e. The van der Waals surface area contributed by atoms with Gasteiger partial charge in [-0.25, -0.2) is 0 Å². The van der Waals surface area contributed by atoms with E-state index in [4.69, 9.17) is 0 Å². The lowest BCUT2D eigenvalue weighted by atomic mass is 10.4. The lowest BCUT2D eigenvalue weighted by Gasteiger charge is -2.21. The number of nitrogens with one attached hydrogen (secondary N) is 1. The van der Waals surface area contributed by atoms with Crippen molar-refractivity contribution >= 4 is 5.96 Å². The fourth-order valence-corrected chi connectivity index (χ4v) is 1.25. The van der Waals surface area contributed by atoms with Crippen LogP contribution >= 0.6 is 0 Å². The van der Waals surface area contributed by atoms with Crippen molar-refractivity contribution in [1.82, 2.24) is 10.2 Å². The van der Waals surface area contributed by atoms with Crippen molar-refractivity contribution in [3.8, 4) is 0 Å². The summed E-state index contributed by atoms with van der Waals surface area (Å²) in [6, 6.07) is 0.519. The normalized spacial score (nSPS) is 22.8. The van der Waals surface area contributed by atoms with E-state index in [9.17, 15) is 0 Å². The molecule has 1 heterocycles. The Balaban J connectivity index is 2.46. The van der Waals surface area contributed by atoms with Gasteiger partial charge in [-0.15, -0.1) is 0 Å². The van der Waals surface area contributed by atoms with Gasteiger partial charge in [-0.1, -0.05) is 0 Å². The average molecular weight is 155 g/mol. The van der Waals surface area contributed by atoms with Crippen LogP contribution in [0.25, 0.3) is 0 Å². The molecule has 1 rings (SSSR count). The molecule has 1 atom stereocenters. The molecule has 0 radical (unpaired) electrons. The van der Waals surface area contributed by atoms with Crippen LogP contribution in [0.2, 0.25) is 0 Å². The molecule has 0 bridgehead atoms. The average Bonchev–Trinajstić information content (AvgIpc) is 2.39. The maximum atomic E-state index is 4.39. The molecule has 1 aliphatic heterocycles. The van der Waals surface area contributed by atoms with Gasteiger partial charge in [0.1, 0.15) is 0 Å². The highest BCUT2D eigenvalue weighted by Gasteiger charge is 2.15.